The van der Waals surface area contributed by atoms with Crippen molar-refractivity contribution in [2.24, 2.45) is 0 Å². The van der Waals surface area contributed by atoms with Crippen molar-refractivity contribution < 1.29 is 13.2 Å². The Morgan fingerprint density at radius 2 is 1.96 bits per heavy atom. The summed E-state index contributed by atoms with van der Waals surface area (Å²) in [5.74, 6) is 0.338. The van der Waals surface area contributed by atoms with Gasteiger partial charge in [0.05, 0.1) is 7.11 Å². The Bertz CT molecular complexity index is 832. The minimum absolute atomic E-state index is 0.152. The standard InChI is InChI=1S/C17H20N2O3S/c1-12-3-6-16(22-2)17(9-12)23(20,21)19-15-5-4-14-11-18-8-7-13(14)10-15/h3-6,9-10,18-19H,7-8,11H2,1-2H3. The largest absolute Gasteiger partial charge is 0.495 e. The van der Waals surface area contributed by atoms with E-state index in [0.29, 0.717) is 11.4 Å². The molecule has 1 aliphatic heterocycles. The van der Waals surface area contributed by atoms with Gasteiger partial charge in [0.15, 0.2) is 0 Å². The van der Waals surface area contributed by atoms with Gasteiger partial charge in [0.2, 0.25) is 0 Å². The first-order valence-electron chi connectivity index (χ1n) is 7.49. The van der Waals surface area contributed by atoms with Crippen molar-refractivity contribution in [3.8, 4) is 5.75 Å². The number of nitrogens with one attached hydrogen (secondary N) is 2. The Hall–Kier alpha value is -2.05. The van der Waals surface area contributed by atoms with E-state index in [4.69, 9.17) is 4.74 Å². The van der Waals surface area contributed by atoms with Crippen LogP contribution in [0.4, 0.5) is 5.69 Å². The van der Waals surface area contributed by atoms with Gasteiger partial charge in [-0.2, -0.15) is 0 Å². The van der Waals surface area contributed by atoms with Gasteiger partial charge in [0, 0.05) is 12.2 Å². The average molecular weight is 332 g/mol. The molecule has 0 spiro atoms. The molecule has 2 N–H and O–H groups in total. The second-order valence-electron chi connectivity index (χ2n) is 5.67. The third-order valence-electron chi connectivity index (χ3n) is 3.95. The SMILES string of the molecule is COc1ccc(C)cc1S(=O)(=O)Nc1ccc2c(c1)CCNC2. The Kier molecular flexibility index (Phi) is 4.28. The van der Waals surface area contributed by atoms with Crippen LogP contribution in [0.1, 0.15) is 16.7 Å². The van der Waals surface area contributed by atoms with Gasteiger partial charge in [-0.3, -0.25) is 4.72 Å². The molecule has 0 saturated heterocycles. The third kappa shape index (κ3) is 3.33. The van der Waals surface area contributed by atoms with Crippen molar-refractivity contribution in [2.75, 3.05) is 18.4 Å². The summed E-state index contributed by atoms with van der Waals surface area (Å²) in [4.78, 5) is 0.152. The van der Waals surface area contributed by atoms with Crippen LogP contribution in [0.5, 0.6) is 5.75 Å². The molecule has 0 amide bonds. The number of hydrogen-bond donors (Lipinski definition) is 2. The van der Waals surface area contributed by atoms with E-state index in [-0.39, 0.29) is 4.90 Å². The molecular weight excluding hydrogens is 312 g/mol. The maximum Gasteiger partial charge on any atom is 0.265 e. The van der Waals surface area contributed by atoms with Crippen LogP contribution in [0, 0.1) is 6.92 Å². The summed E-state index contributed by atoms with van der Waals surface area (Å²) < 4.78 is 33.2. The molecule has 2 aromatic rings. The van der Waals surface area contributed by atoms with E-state index < -0.39 is 10.0 Å². The van der Waals surface area contributed by atoms with Crippen LogP contribution in [0.15, 0.2) is 41.3 Å². The van der Waals surface area contributed by atoms with Crippen LogP contribution in [0.25, 0.3) is 0 Å². The number of rotatable bonds is 4. The number of hydrogen-bond acceptors (Lipinski definition) is 4. The predicted octanol–water partition coefficient (Wildman–Crippen LogP) is 2.45. The lowest BCUT2D eigenvalue weighted by Gasteiger charge is -2.18. The number of sulfonamides is 1. The van der Waals surface area contributed by atoms with E-state index in [9.17, 15) is 8.42 Å². The fraction of sp³-hybridized carbons (Fsp3) is 0.294. The Morgan fingerprint density at radius 1 is 1.13 bits per heavy atom. The zero-order valence-electron chi connectivity index (χ0n) is 13.2. The molecular formula is C17H20N2O3S. The van der Waals surface area contributed by atoms with Crippen molar-refractivity contribution in [3.05, 3.63) is 53.1 Å². The molecule has 0 fully saturated rings. The van der Waals surface area contributed by atoms with Crippen LogP contribution in [0.3, 0.4) is 0 Å². The topological polar surface area (TPSA) is 67.4 Å². The molecule has 1 heterocycles. The number of methoxy groups -OCH3 is 1. The smallest absolute Gasteiger partial charge is 0.265 e. The molecule has 0 aliphatic carbocycles. The fourth-order valence-corrected chi connectivity index (χ4v) is 4.05. The lowest BCUT2D eigenvalue weighted by Crippen LogP contribution is -2.23. The summed E-state index contributed by atoms with van der Waals surface area (Å²) in [6.07, 6.45) is 0.901. The van der Waals surface area contributed by atoms with Gasteiger partial charge in [-0.25, -0.2) is 8.42 Å². The number of anilines is 1. The maximum atomic E-state index is 12.7. The highest BCUT2D eigenvalue weighted by Crippen LogP contribution is 2.28. The molecule has 0 bridgehead atoms. The van der Waals surface area contributed by atoms with Gasteiger partial charge in [-0.05, 0) is 60.8 Å². The Morgan fingerprint density at radius 3 is 2.74 bits per heavy atom. The van der Waals surface area contributed by atoms with Gasteiger partial charge in [-0.1, -0.05) is 12.1 Å². The summed E-state index contributed by atoms with van der Waals surface area (Å²) in [6, 6.07) is 10.8. The Labute approximate surface area is 136 Å². The van der Waals surface area contributed by atoms with E-state index in [1.807, 2.05) is 25.1 Å². The van der Waals surface area contributed by atoms with Crippen molar-refractivity contribution >= 4 is 15.7 Å². The normalized spacial score (nSPS) is 14.2. The van der Waals surface area contributed by atoms with E-state index >= 15 is 0 Å². The monoisotopic (exact) mass is 332 g/mol. The predicted molar refractivity (Wildman–Crippen MR) is 90.4 cm³/mol. The molecule has 2 aromatic carbocycles. The first-order chi connectivity index (χ1) is 11.0. The lowest BCUT2D eigenvalue weighted by atomic mass is 10.0. The molecule has 23 heavy (non-hydrogen) atoms. The quantitative estimate of drug-likeness (QED) is 0.902. The van der Waals surface area contributed by atoms with Crippen LogP contribution >= 0.6 is 0 Å². The first-order valence-corrected chi connectivity index (χ1v) is 8.98. The molecule has 122 valence electrons. The summed E-state index contributed by atoms with van der Waals surface area (Å²) >= 11 is 0. The lowest BCUT2D eigenvalue weighted by molar-refractivity contribution is 0.402. The highest BCUT2D eigenvalue weighted by molar-refractivity contribution is 7.92. The number of ether oxygens (including phenoxy) is 1. The fourth-order valence-electron chi connectivity index (χ4n) is 2.74. The number of aryl methyl sites for hydroxylation is 1. The minimum Gasteiger partial charge on any atom is -0.495 e. The van der Waals surface area contributed by atoms with Crippen molar-refractivity contribution in [1.29, 1.82) is 0 Å². The van der Waals surface area contributed by atoms with E-state index in [2.05, 4.69) is 10.0 Å². The van der Waals surface area contributed by atoms with Crippen molar-refractivity contribution in [1.82, 2.24) is 5.32 Å². The number of fused-ring (bicyclic) bond motifs is 1. The molecule has 5 nitrogen and oxygen atoms in total. The third-order valence-corrected chi connectivity index (χ3v) is 5.36. The average Bonchev–Trinajstić information content (AvgIpc) is 2.54. The van der Waals surface area contributed by atoms with E-state index in [1.165, 1.54) is 18.2 Å². The second-order valence-corrected chi connectivity index (χ2v) is 7.32. The minimum atomic E-state index is -3.70. The highest BCUT2D eigenvalue weighted by atomic mass is 32.2. The van der Waals surface area contributed by atoms with Gasteiger partial charge < -0.3 is 10.1 Å². The van der Waals surface area contributed by atoms with Crippen LogP contribution in [-0.4, -0.2) is 22.1 Å². The molecule has 1 aliphatic rings. The Balaban J connectivity index is 1.94. The maximum absolute atomic E-state index is 12.7. The number of benzene rings is 2. The van der Waals surface area contributed by atoms with Crippen molar-refractivity contribution in [2.45, 2.75) is 24.8 Å². The molecule has 3 rings (SSSR count). The highest BCUT2D eigenvalue weighted by Gasteiger charge is 2.20. The van der Waals surface area contributed by atoms with Gasteiger partial charge in [-0.15, -0.1) is 0 Å². The summed E-state index contributed by atoms with van der Waals surface area (Å²) in [6.45, 7) is 3.59. The van der Waals surface area contributed by atoms with Gasteiger partial charge in [0.1, 0.15) is 10.6 Å². The molecule has 0 radical (unpaired) electrons. The summed E-state index contributed by atoms with van der Waals surface area (Å²) in [7, 11) is -2.23. The summed E-state index contributed by atoms with van der Waals surface area (Å²) in [5.41, 5.74) is 3.84. The van der Waals surface area contributed by atoms with Gasteiger partial charge in [0.25, 0.3) is 10.0 Å². The van der Waals surface area contributed by atoms with Crippen LogP contribution in [-0.2, 0) is 23.0 Å². The first kappa shape index (κ1) is 15.8. The molecule has 6 heteroatoms. The second kappa shape index (κ2) is 6.22. The molecule has 0 saturated carbocycles. The van der Waals surface area contributed by atoms with E-state index in [1.54, 1.807) is 18.2 Å². The zero-order valence-corrected chi connectivity index (χ0v) is 14.0. The van der Waals surface area contributed by atoms with Crippen LogP contribution < -0.4 is 14.8 Å². The molecule has 0 aromatic heterocycles. The zero-order chi connectivity index (χ0) is 16.4. The summed E-state index contributed by atoms with van der Waals surface area (Å²) in [5, 5.41) is 3.30. The van der Waals surface area contributed by atoms with Crippen LogP contribution in [0.2, 0.25) is 0 Å². The molecule has 0 atom stereocenters. The van der Waals surface area contributed by atoms with Crippen molar-refractivity contribution in [3.63, 3.8) is 0 Å². The van der Waals surface area contributed by atoms with E-state index in [0.717, 1.165) is 25.1 Å². The van der Waals surface area contributed by atoms with Gasteiger partial charge >= 0.3 is 0 Å². The molecule has 0 unspecified atom stereocenters.